The molecular formula is C14H18N2O3S. The van der Waals surface area contributed by atoms with Crippen LogP contribution in [0.2, 0.25) is 0 Å². The summed E-state index contributed by atoms with van der Waals surface area (Å²) in [5.74, 6) is 0.472. The Bertz CT molecular complexity index is 484. The third-order valence-electron chi connectivity index (χ3n) is 3.12. The molecule has 0 spiro atoms. The Kier molecular flexibility index (Phi) is 5.03. The number of hydrogen-bond acceptors (Lipinski definition) is 4. The Hall–Kier alpha value is -1.53. The van der Waals surface area contributed by atoms with Gasteiger partial charge in [-0.05, 0) is 19.1 Å². The Morgan fingerprint density at radius 1 is 1.40 bits per heavy atom. The molecule has 1 aliphatic heterocycles. The molecule has 1 aliphatic rings. The average molecular weight is 294 g/mol. The minimum atomic E-state index is -1.01. The van der Waals surface area contributed by atoms with E-state index in [-0.39, 0.29) is 18.5 Å². The lowest BCUT2D eigenvalue weighted by molar-refractivity contribution is -0.136. The third kappa shape index (κ3) is 3.74. The summed E-state index contributed by atoms with van der Waals surface area (Å²) in [6.07, 6.45) is 0. The van der Waals surface area contributed by atoms with Gasteiger partial charge in [-0.3, -0.25) is 14.5 Å². The highest BCUT2D eigenvalue weighted by Gasteiger charge is 2.28. The maximum absolute atomic E-state index is 12.5. The molecule has 20 heavy (non-hydrogen) atoms. The Morgan fingerprint density at radius 3 is 2.65 bits per heavy atom. The zero-order valence-corrected chi connectivity index (χ0v) is 12.2. The summed E-state index contributed by atoms with van der Waals surface area (Å²) >= 11 is 1.71. The summed E-state index contributed by atoms with van der Waals surface area (Å²) in [6, 6.07) is 7.01. The summed E-state index contributed by atoms with van der Waals surface area (Å²) < 4.78 is 0. The van der Waals surface area contributed by atoms with Crippen molar-refractivity contribution in [1.29, 1.82) is 0 Å². The highest BCUT2D eigenvalue weighted by Crippen LogP contribution is 2.18. The quantitative estimate of drug-likeness (QED) is 0.871. The molecule has 0 radical (unpaired) electrons. The standard InChI is InChI=1S/C14H18N2O3S/c1-10-2-4-11(5-3-10)16(8-13(17)18)14(19)12-9-20-7-6-15-12/h2-5,12,15H,6-9H2,1H3,(H,17,18). The number of aryl methyl sites for hydroxylation is 1. The van der Waals surface area contributed by atoms with Crippen LogP contribution in [0, 0.1) is 6.92 Å². The van der Waals surface area contributed by atoms with E-state index in [1.807, 2.05) is 19.1 Å². The summed E-state index contributed by atoms with van der Waals surface area (Å²) in [6.45, 7) is 2.41. The van der Waals surface area contributed by atoms with Gasteiger partial charge in [0, 0.05) is 23.7 Å². The van der Waals surface area contributed by atoms with Crippen LogP contribution in [-0.4, -0.2) is 47.6 Å². The highest BCUT2D eigenvalue weighted by atomic mass is 32.2. The van der Waals surface area contributed by atoms with E-state index in [1.54, 1.807) is 23.9 Å². The smallest absolute Gasteiger partial charge is 0.323 e. The van der Waals surface area contributed by atoms with Crippen LogP contribution >= 0.6 is 11.8 Å². The molecule has 1 saturated heterocycles. The number of aliphatic carboxylic acids is 1. The normalized spacial score (nSPS) is 18.6. The molecule has 5 nitrogen and oxygen atoms in total. The number of carboxylic acid groups (broad SMARTS) is 1. The highest BCUT2D eigenvalue weighted by molar-refractivity contribution is 7.99. The van der Waals surface area contributed by atoms with E-state index in [4.69, 9.17) is 5.11 Å². The van der Waals surface area contributed by atoms with Crippen molar-refractivity contribution >= 4 is 29.3 Å². The van der Waals surface area contributed by atoms with E-state index in [2.05, 4.69) is 5.32 Å². The van der Waals surface area contributed by atoms with Crippen LogP contribution in [0.3, 0.4) is 0 Å². The van der Waals surface area contributed by atoms with E-state index in [9.17, 15) is 9.59 Å². The van der Waals surface area contributed by atoms with E-state index in [1.165, 1.54) is 4.90 Å². The maximum atomic E-state index is 12.5. The van der Waals surface area contributed by atoms with Crippen molar-refractivity contribution in [2.24, 2.45) is 0 Å². The lowest BCUT2D eigenvalue weighted by Crippen LogP contribution is -2.52. The van der Waals surface area contributed by atoms with Gasteiger partial charge >= 0.3 is 5.97 Å². The molecule has 1 fully saturated rings. The monoisotopic (exact) mass is 294 g/mol. The molecule has 0 saturated carbocycles. The molecule has 0 aliphatic carbocycles. The van der Waals surface area contributed by atoms with E-state index >= 15 is 0 Å². The fourth-order valence-corrected chi connectivity index (χ4v) is 2.99. The molecule has 108 valence electrons. The summed E-state index contributed by atoms with van der Waals surface area (Å²) in [7, 11) is 0. The summed E-state index contributed by atoms with van der Waals surface area (Å²) in [4.78, 5) is 24.9. The predicted octanol–water partition coefficient (Wildman–Crippen LogP) is 1.12. The molecule has 6 heteroatoms. The van der Waals surface area contributed by atoms with Gasteiger partial charge in [-0.25, -0.2) is 0 Å². The van der Waals surface area contributed by atoms with Crippen LogP contribution in [-0.2, 0) is 9.59 Å². The van der Waals surface area contributed by atoms with E-state index in [0.717, 1.165) is 17.9 Å². The molecule has 1 atom stereocenters. The molecule has 1 amide bonds. The summed E-state index contributed by atoms with van der Waals surface area (Å²) in [5.41, 5.74) is 1.70. The van der Waals surface area contributed by atoms with Gasteiger partial charge in [-0.15, -0.1) is 0 Å². The largest absolute Gasteiger partial charge is 0.480 e. The number of nitrogens with zero attached hydrogens (tertiary/aromatic N) is 1. The number of rotatable bonds is 4. The van der Waals surface area contributed by atoms with Crippen molar-refractivity contribution in [2.45, 2.75) is 13.0 Å². The van der Waals surface area contributed by atoms with Gasteiger partial charge in [-0.2, -0.15) is 11.8 Å². The van der Waals surface area contributed by atoms with E-state index in [0.29, 0.717) is 11.4 Å². The van der Waals surface area contributed by atoms with Gasteiger partial charge in [0.05, 0.1) is 6.04 Å². The Labute approximate surface area is 122 Å². The number of benzene rings is 1. The second kappa shape index (κ2) is 6.76. The molecule has 1 aromatic carbocycles. The summed E-state index contributed by atoms with van der Waals surface area (Å²) in [5, 5.41) is 12.2. The maximum Gasteiger partial charge on any atom is 0.323 e. The number of hydrogen-bond donors (Lipinski definition) is 2. The molecule has 1 unspecified atom stereocenters. The lowest BCUT2D eigenvalue weighted by Gasteiger charge is -2.29. The number of nitrogens with one attached hydrogen (secondary N) is 1. The van der Waals surface area contributed by atoms with Gasteiger partial charge in [-0.1, -0.05) is 17.7 Å². The molecule has 0 aromatic heterocycles. The average Bonchev–Trinajstić information content (AvgIpc) is 2.46. The Balaban J connectivity index is 2.19. The molecule has 2 N–H and O–H groups in total. The first kappa shape index (κ1) is 14.9. The first-order chi connectivity index (χ1) is 9.58. The van der Waals surface area contributed by atoms with Gasteiger partial charge in [0.1, 0.15) is 6.54 Å². The van der Waals surface area contributed by atoms with Crippen LogP contribution in [0.15, 0.2) is 24.3 Å². The van der Waals surface area contributed by atoms with Crippen molar-refractivity contribution in [3.63, 3.8) is 0 Å². The molecule has 0 bridgehead atoms. The minimum Gasteiger partial charge on any atom is -0.480 e. The second-order valence-corrected chi connectivity index (χ2v) is 5.89. The van der Waals surface area contributed by atoms with Gasteiger partial charge in [0.15, 0.2) is 0 Å². The van der Waals surface area contributed by atoms with Gasteiger partial charge < -0.3 is 10.4 Å². The van der Waals surface area contributed by atoms with Crippen molar-refractivity contribution in [3.05, 3.63) is 29.8 Å². The predicted molar refractivity (Wildman–Crippen MR) is 80.3 cm³/mol. The van der Waals surface area contributed by atoms with Crippen molar-refractivity contribution in [2.75, 3.05) is 29.5 Å². The number of thioether (sulfide) groups is 1. The fourth-order valence-electron chi connectivity index (χ4n) is 2.07. The third-order valence-corrected chi connectivity index (χ3v) is 4.19. The van der Waals surface area contributed by atoms with Crippen LogP contribution in [0.5, 0.6) is 0 Å². The molecule has 1 heterocycles. The number of amides is 1. The SMILES string of the molecule is Cc1ccc(N(CC(=O)O)C(=O)C2CSCCN2)cc1. The Morgan fingerprint density at radius 2 is 2.10 bits per heavy atom. The number of carboxylic acids is 1. The number of carbonyl (C=O) groups excluding carboxylic acids is 1. The number of anilines is 1. The minimum absolute atomic E-state index is 0.177. The zero-order chi connectivity index (χ0) is 14.5. The van der Waals surface area contributed by atoms with Crippen molar-refractivity contribution in [3.8, 4) is 0 Å². The van der Waals surface area contributed by atoms with Crippen LogP contribution in [0.1, 0.15) is 5.56 Å². The zero-order valence-electron chi connectivity index (χ0n) is 11.3. The van der Waals surface area contributed by atoms with Gasteiger partial charge in [0.25, 0.3) is 0 Å². The first-order valence-electron chi connectivity index (χ1n) is 6.49. The fraction of sp³-hybridized carbons (Fsp3) is 0.429. The molecule has 1 aromatic rings. The topological polar surface area (TPSA) is 69.6 Å². The van der Waals surface area contributed by atoms with Crippen molar-refractivity contribution < 1.29 is 14.7 Å². The van der Waals surface area contributed by atoms with E-state index < -0.39 is 5.97 Å². The van der Waals surface area contributed by atoms with Crippen molar-refractivity contribution in [1.82, 2.24) is 5.32 Å². The van der Waals surface area contributed by atoms with Crippen LogP contribution < -0.4 is 10.2 Å². The molecular weight excluding hydrogens is 276 g/mol. The molecule has 2 rings (SSSR count). The number of carbonyl (C=O) groups is 2. The second-order valence-electron chi connectivity index (χ2n) is 4.74. The van der Waals surface area contributed by atoms with Crippen LogP contribution in [0.4, 0.5) is 5.69 Å². The first-order valence-corrected chi connectivity index (χ1v) is 7.64. The van der Waals surface area contributed by atoms with Crippen LogP contribution in [0.25, 0.3) is 0 Å². The lowest BCUT2D eigenvalue weighted by atomic mass is 10.2. The van der Waals surface area contributed by atoms with Gasteiger partial charge in [0.2, 0.25) is 5.91 Å².